The van der Waals surface area contributed by atoms with Crippen LogP contribution in [0.2, 0.25) is 0 Å². The number of hydrogen-bond donors (Lipinski definition) is 3. The van der Waals surface area contributed by atoms with Crippen LogP contribution >= 0.6 is 11.3 Å². The fourth-order valence-corrected chi connectivity index (χ4v) is 2.80. The van der Waals surface area contributed by atoms with E-state index >= 15 is 0 Å². The van der Waals surface area contributed by atoms with Crippen molar-refractivity contribution in [2.75, 3.05) is 13.2 Å². The van der Waals surface area contributed by atoms with Gasteiger partial charge in [-0.1, -0.05) is 18.8 Å². The minimum absolute atomic E-state index is 0.197. The molecule has 0 aromatic carbocycles. The first-order chi connectivity index (χ1) is 8.09. The summed E-state index contributed by atoms with van der Waals surface area (Å²) in [5.74, 6) is 5.30. The molecule has 94 valence electrons. The summed E-state index contributed by atoms with van der Waals surface area (Å²) in [6.45, 7) is 2.04. The van der Waals surface area contributed by atoms with Crippen LogP contribution in [0.3, 0.4) is 0 Å². The second-order valence-corrected chi connectivity index (χ2v) is 5.62. The van der Waals surface area contributed by atoms with Crippen LogP contribution in [0.1, 0.15) is 17.4 Å². The molecule has 0 atom stereocenters. The van der Waals surface area contributed by atoms with E-state index in [4.69, 9.17) is 5.11 Å². The number of aliphatic hydroxyl groups is 1. The van der Waals surface area contributed by atoms with Crippen molar-refractivity contribution in [1.29, 1.82) is 0 Å². The summed E-state index contributed by atoms with van der Waals surface area (Å²) < 4.78 is 27.5. The second kappa shape index (κ2) is 6.74. The van der Waals surface area contributed by atoms with E-state index in [1.807, 2.05) is 5.38 Å². The predicted octanol–water partition coefficient (Wildman–Crippen LogP) is 0.0358. The van der Waals surface area contributed by atoms with E-state index < -0.39 is 10.2 Å². The molecular weight excluding hydrogens is 260 g/mol. The van der Waals surface area contributed by atoms with Gasteiger partial charge in [0.2, 0.25) is 0 Å². The van der Waals surface area contributed by atoms with Crippen LogP contribution in [-0.2, 0) is 16.8 Å². The Morgan fingerprint density at radius 1 is 1.47 bits per heavy atom. The van der Waals surface area contributed by atoms with Gasteiger partial charge >= 0.3 is 0 Å². The smallest absolute Gasteiger partial charge is 0.277 e. The first kappa shape index (κ1) is 14.2. The van der Waals surface area contributed by atoms with E-state index in [-0.39, 0.29) is 13.2 Å². The lowest BCUT2D eigenvalue weighted by Gasteiger charge is -2.05. The lowest BCUT2D eigenvalue weighted by molar-refractivity contribution is 0.350. The lowest BCUT2D eigenvalue weighted by atomic mass is 10.2. The quantitative estimate of drug-likeness (QED) is 0.663. The Bertz CT molecular complexity index is 511. The molecule has 1 heterocycles. The van der Waals surface area contributed by atoms with Crippen LogP contribution in [0.5, 0.6) is 0 Å². The minimum atomic E-state index is -3.44. The highest BCUT2D eigenvalue weighted by Gasteiger charge is 2.09. The third-order valence-corrected chi connectivity index (χ3v) is 3.92. The summed E-state index contributed by atoms with van der Waals surface area (Å²) in [4.78, 5) is 0.826. The molecule has 0 aliphatic carbocycles. The first-order valence-electron chi connectivity index (χ1n) is 4.99. The van der Waals surface area contributed by atoms with Gasteiger partial charge in [-0.3, -0.25) is 0 Å². The molecule has 5 nitrogen and oxygen atoms in total. The summed E-state index contributed by atoms with van der Waals surface area (Å²) in [7, 11) is -3.44. The van der Waals surface area contributed by atoms with Crippen molar-refractivity contribution >= 4 is 21.5 Å². The number of thiophene rings is 1. The maximum atomic E-state index is 11.4. The number of nitrogens with one attached hydrogen (secondary N) is 2. The Morgan fingerprint density at radius 2 is 2.24 bits per heavy atom. The molecule has 0 aliphatic heterocycles. The van der Waals surface area contributed by atoms with Crippen molar-refractivity contribution in [3.63, 3.8) is 0 Å². The SMILES string of the molecule is CCNS(=O)(=O)NCc1sccc1C#CCO. The molecule has 0 amide bonds. The fourth-order valence-electron chi connectivity index (χ4n) is 1.13. The molecule has 0 unspecified atom stereocenters. The monoisotopic (exact) mass is 274 g/mol. The maximum Gasteiger partial charge on any atom is 0.277 e. The van der Waals surface area contributed by atoms with Gasteiger partial charge < -0.3 is 5.11 Å². The summed E-state index contributed by atoms with van der Waals surface area (Å²) in [5.41, 5.74) is 0.739. The summed E-state index contributed by atoms with van der Waals surface area (Å²) in [6.07, 6.45) is 0. The molecule has 1 aromatic rings. The van der Waals surface area contributed by atoms with E-state index in [1.54, 1.807) is 13.0 Å². The molecule has 3 N–H and O–H groups in total. The number of rotatable bonds is 5. The van der Waals surface area contributed by atoms with Gasteiger partial charge in [0.25, 0.3) is 10.2 Å². The number of hydrogen-bond acceptors (Lipinski definition) is 4. The Hall–Kier alpha value is -0.910. The van der Waals surface area contributed by atoms with Gasteiger partial charge in [-0.05, 0) is 11.4 Å². The zero-order valence-electron chi connectivity index (χ0n) is 9.36. The molecule has 0 aliphatic rings. The minimum Gasteiger partial charge on any atom is -0.384 e. The topological polar surface area (TPSA) is 78.4 Å². The normalized spacial score (nSPS) is 10.9. The van der Waals surface area contributed by atoms with Gasteiger partial charge in [0.05, 0.1) is 0 Å². The fraction of sp³-hybridized carbons (Fsp3) is 0.400. The highest BCUT2D eigenvalue weighted by atomic mass is 32.2. The Kier molecular flexibility index (Phi) is 5.61. The molecule has 7 heteroatoms. The first-order valence-corrected chi connectivity index (χ1v) is 7.35. The molecular formula is C10H14N2O3S2. The molecule has 0 bridgehead atoms. The van der Waals surface area contributed by atoms with Crippen LogP contribution in [-0.4, -0.2) is 26.7 Å². The summed E-state index contributed by atoms with van der Waals surface area (Å²) in [6, 6.07) is 1.80. The third-order valence-electron chi connectivity index (χ3n) is 1.80. The largest absolute Gasteiger partial charge is 0.384 e. The van der Waals surface area contributed by atoms with E-state index in [0.717, 1.165) is 10.4 Å². The van der Waals surface area contributed by atoms with Crippen molar-refractivity contribution in [3.8, 4) is 11.8 Å². The molecule has 0 radical (unpaired) electrons. The average molecular weight is 274 g/mol. The average Bonchev–Trinajstić information content (AvgIpc) is 2.71. The van der Waals surface area contributed by atoms with E-state index in [9.17, 15) is 8.42 Å². The molecule has 1 aromatic heterocycles. The molecule has 17 heavy (non-hydrogen) atoms. The van der Waals surface area contributed by atoms with Gasteiger partial charge in [0, 0.05) is 23.5 Å². The van der Waals surface area contributed by atoms with Gasteiger partial charge in [0.1, 0.15) is 6.61 Å². The lowest BCUT2D eigenvalue weighted by Crippen LogP contribution is -2.35. The van der Waals surface area contributed by atoms with Gasteiger partial charge in [-0.2, -0.15) is 13.1 Å². The Morgan fingerprint density at radius 3 is 2.88 bits per heavy atom. The van der Waals surface area contributed by atoms with Crippen LogP contribution < -0.4 is 9.44 Å². The maximum absolute atomic E-state index is 11.4. The second-order valence-electron chi connectivity index (χ2n) is 3.04. The van der Waals surface area contributed by atoms with Crippen LogP contribution in [0.15, 0.2) is 11.4 Å². The van der Waals surface area contributed by atoms with Crippen molar-refractivity contribution in [3.05, 3.63) is 21.9 Å². The van der Waals surface area contributed by atoms with Crippen molar-refractivity contribution in [2.45, 2.75) is 13.5 Å². The number of aliphatic hydroxyl groups excluding tert-OH is 1. The van der Waals surface area contributed by atoms with E-state index in [0.29, 0.717) is 6.54 Å². The van der Waals surface area contributed by atoms with Crippen LogP contribution in [0, 0.1) is 11.8 Å². The van der Waals surface area contributed by atoms with E-state index in [1.165, 1.54) is 11.3 Å². The summed E-state index contributed by atoms with van der Waals surface area (Å²) >= 11 is 1.42. The van der Waals surface area contributed by atoms with Gasteiger partial charge in [-0.25, -0.2) is 4.72 Å². The van der Waals surface area contributed by atoms with Crippen molar-refractivity contribution < 1.29 is 13.5 Å². The van der Waals surface area contributed by atoms with Gasteiger partial charge in [0.15, 0.2) is 0 Å². The van der Waals surface area contributed by atoms with Gasteiger partial charge in [-0.15, -0.1) is 11.3 Å². The molecule has 0 saturated heterocycles. The molecule has 0 spiro atoms. The van der Waals surface area contributed by atoms with Crippen LogP contribution in [0.25, 0.3) is 0 Å². The zero-order chi connectivity index (χ0) is 12.7. The summed E-state index contributed by atoms with van der Waals surface area (Å²) in [5, 5.41) is 10.4. The highest BCUT2D eigenvalue weighted by molar-refractivity contribution is 7.87. The van der Waals surface area contributed by atoms with Crippen molar-refractivity contribution in [2.24, 2.45) is 0 Å². The molecule has 1 rings (SSSR count). The highest BCUT2D eigenvalue weighted by Crippen LogP contribution is 2.15. The Balaban J connectivity index is 2.67. The third kappa shape index (κ3) is 4.85. The zero-order valence-corrected chi connectivity index (χ0v) is 11.0. The van der Waals surface area contributed by atoms with Crippen LogP contribution in [0.4, 0.5) is 0 Å². The van der Waals surface area contributed by atoms with Crippen molar-refractivity contribution in [1.82, 2.24) is 9.44 Å². The molecule has 0 saturated carbocycles. The van der Waals surface area contributed by atoms with E-state index in [2.05, 4.69) is 21.3 Å². The standard InChI is InChI=1S/C10H14N2O3S2/c1-2-11-17(14,15)12-8-10-9(4-3-6-13)5-7-16-10/h5,7,11-13H,2,6,8H2,1H3. The predicted molar refractivity (Wildman–Crippen MR) is 67.7 cm³/mol. The molecule has 0 fully saturated rings. The Labute approximate surface area is 105 Å².